The van der Waals surface area contributed by atoms with Crippen molar-refractivity contribution in [2.75, 3.05) is 7.11 Å². The minimum atomic E-state index is -0.129. The van der Waals surface area contributed by atoms with Crippen molar-refractivity contribution in [1.29, 1.82) is 0 Å². The van der Waals surface area contributed by atoms with Crippen molar-refractivity contribution in [3.05, 3.63) is 51.2 Å². The molecule has 1 unspecified atom stereocenters. The Balaban J connectivity index is 2.08. The standard InChI is InChI=1S/C14H14ClNO2S/c1-9(12-6-7-13(15)19-12)16-14(17)10-4-3-5-11(8-10)18-2/h3-9H,1-2H3,(H,16,17). The van der Waals surface area contributed by atoms with Gasteiger partial charge in [0.15, 0.2) is 0 Å². The van der Waals surface area contributed by atoms with Crippen molar-refractivity contribution >= 4 is 28.8 Å². The fraction of sp³-hybridized carbons (Fsp3) is 0.214. The summed E-state index contributed by atoms with van der Waals surface area (Å²) in [6, 6.07) is 10.7. The molecule has 1 aromatic heterocycles. The zero-order chi connectivity index (χ0) is 13.8. The summed E-state index contributed by atoms with van der Waals surface area (Å²) in [5, 5.41) is 2.93. The molecule has 0 radical (unpaired) electrons. The number of nitrogens with one attached hydrogen (secondary N) is 1. The predicted molar refractivity (Wildman–Crippen MR) is 78.2 cm³/mol. The van der Waals surface area contributed by atoms with Crippen LogP contribution >= 0.6 is 22.9 Å². The van der Waals surface area contributed by atoms with Crippen LogP contribution in [-0.2, 0) is 0 Å². The van der Waals surface area contributed by atoms with Gasteiger partial charge in [-0.1, -0.05) is 17.7 Å². The number of hydrogen-bond acceptors (Lipinski definition) is 3. The number of benzene rings is 1. The molecule has 1 atom stereocenters. The van der Waals surface area contributed by atoms with Crippen LogP contribution in [-0.4, -0.2) is 13.0 Å². The maximum Gasteiger partial charge on any atom is 0.251 e. The Morgan fingerprint density at radius 2 is 2.16 bits per heavy atom. The summed E-state index contributed by atoms with van der Waals surface area (Å²) in [6.45, 7) is 1.93. The van der Waals surface area contributed by atoms with Crippen LogP contribution in [0.3, 0.4) is 0 Å². The Morgan fingerprint density at radius 3 is 2.79 bits per heavy atom. The Bertz CT molecular complexity index is 582. The maximum atomic E-state index is 12.1. The van der Waals surface area contributed by atoms with Gasteiger partial charge in [0.2, 0.25) is 0 Å². The first-order valence-corrected chi connectivity index (χ1v) is 6.99. The molecule has 100 valence electrons. The first kappa shape index (κ1) is 13.9. The average Bonchev–Trinajstić information content (AvgIpc) is 2.85. The van der Waals surface area contributed by atoms with E-state index in [1.165, 1.54) is 11.3 Å². The van der Waals surface area contributed by atoms with Crippen LogP contribution in [0.1, 0.15) is 28.2 Å². The third-order valence-electron chi connectivity index (χ3n) is 2.70. The molecule has 2 aromatic rings. The molecule has 1 amide bonds. The number of halogens is 1. The van der Waals surface area contributed by atoms with Crippen molar-refractivity contribution in [3.8, 4) is 5.75 Å². The maximum absolute atomic E-state index is 12.1. The lowest BCUT2D eigenvalue weighted by atomic mass is 10.2. The van der Waals surface area contributed by atoms with Gasteiger partial charge in [0.05, 0.1) is 17.5 Å². The van der Waals surface area contributed by atoms with E-state index in [9.17, 15) is 4.79 Å². The van der Waals surface area contributed by atoms with Gasteiger partial charge in [0.1, 0.15) is 5.75 Å². The van der Waals surface area contributed by atoms with Crippen LogP contribution in [0.2, 0.25) is 4.34 Å². The minimum Gasteiger partial charge on any atom is -0.497 e. The van der Waals surface area contributed by atoms with E-state index < -0.39 is 0 Å². The van der Waals surface area contributed by atoms with E-state index in [0.717, 1.165) is 9.21 Å². The summed E-state index contributed by atoms with van der Waals surface area (Å²) in [4.78, 5) is 13.1. The number of carbonyl (C=O) groups is 1. The zero-order valence-electron chi connectivity index (χ0n) is 10.6. The lowest BCUT2D eigenvalue weighted by Gasteiger charge is -2.12. The normalized spacial score (nSPS) is 11.9. The largest absolute Gasteiger partial charge is 0.497 e. The smallest absolute Gasteiger partial charge is 0.251 e. The van der Waals surface area contributed by atoms with Gasteiger partial charge in [-0.2, -0.15) is 0 Å². The first-order chi connectivity index (χ1) is 9.10. The summed E-state index contributed by atoms with van der Waals surface area (Å²) < 4.78 is 5.82. The molecule has 0 spiro atoms. The summed E-state index contributed by atoms with van der Waals surface area (Å²) in [5.41, 5.74) is 0.578. The SMILES string of the molecule is COc1cccc(C(=O)NC(C)c2ccc(Cl)s2)c1. The van der Waals surface area contributed by atoms with E-state index in [-0.39, 0.29) is 11.9 Å². The van der Waals surface area contributed by atoms with E-state index >= 15 is 0 Å². The van der Waals surface area contributed by atoms with Gasteiger partial charge in [-0.25, -0.2) is 0 Å². The third kappa shape index (κ3) is 3.49. The highest BCUT2D eigenvalue weighted by Gasteiger charge is 2.13. The molecule has 1 heterocycles. The van der Waals surface area contributed by atoms with E-state index in [2.05, 4.69) is 5.32 Å². The third-order valence-corrected chi connectivity index (χ3v) is 4.11. The first-order valence-electron chi connectivity index (χ1n) is 5.80. The van der Waals surface area contributed by atoms with E-state index in [1.807, 2.05) is 19.1 Å². The van der Waals surface area contributed by atoms with E-state index in [1.54, 1.807) is 31.4 Å². The number of rotatable bonds is 4. The molecule has 19 heavy (non-hydrogen) atoms. The molecule has 0 saturated heterocycles. The number of ether oxygens (including phenoxy) is 1. The van der Waals surface area contributed by atoms with Crippen LogP contribution in [0.15, 0.2) is 36.4 Å². The van der Waals surface area contributed by atoms with Crippen LogP contribution in [0.5, 0.6) is 5.75 Å². The molecule has 3 nitrogen and oxygen atoms in total. The average molecular weight is 296 g/mol. The Kier molecular flexibility index (Phi) is 4.45. The highest BCUT2D eigenvalue weighted by molar-refractivity contribution is 7.16. The number of amides is 1. The van der Waals surface area contributed by atoms with Crippen LogP contribution < -0.4 is 10.1 Å². The molecule has 0 aliphatic heterocycles. The molecular weight excluding hydrogens is 282 g/mol. The van der Waals surface area contributed by atoms with Gasteiger partial charge >= 0.3 is 0 Å². The topological polar surface area (TPSA) is 38.3 Å². The number of thiophene rings is 1. The van der Waals surface area contributed by atoms with Gasteiger partial charge in [0, 0.05) is 10.4 Å². The van der Waals surface area contributed by atoms with Crippen molar-refractivity contribution in [2.24, 2.45) is 0 Å². The highest BCUT2D eigenvalue weighted by atomic mass is 35.5. The molecule has 0 aliphatic carbocycles. The molecule has 0 aliphatic rings. The van der Waals surface area contributed by atoms with E-state index in [0.29, 0.717) is 11.3 Å². The van der Waals surface area contributed by atoms with Crippen molar-refractivity contribution < 1.29 is 9.53 Å². The molecule has 1 N–H and O–H groups in total. The van der Waals surface area contributed by atoms with Crippen molar-refractivity contribution in [3.63, 3.8) is 0 Å². The van der Waals surface area contributed by atoms with Gasteiger partial charge in [-0.15, -0.1) is 11.3 Å². The molecule has 5 heteroatoms. The number of carbonyl (C=O) groups excluding carboxylic acids is 1. The van der Waals surface area contributed by atoms with Gasteiger partial charge < -0.3 is 10.1 Å². The molecule has 0 bridgehead atoms. The monoisotopic (exact) mass is 295 g/mol. The van der Waals surface area contributed by atoms with Crippen molar-refractivity contribution in [1.82, 2.24) is 5.32 Å². The Morgan fingerprint density at radius 1 is 1.37 bits per heavy atom. The summed E-state index contributed by atoms with van der Waals surface area (Å²) in [5.74, 6) is 0.537. The number of methoxy groups -OCH3 is 1. The molecule has 0 saturated carbocycles. The summed E-state index contributed by atoms with van der Waals surface area (Å²) in [7, 11) is 1.58. The van der Waals surface area contributed by atoms with E-state index in [4.69, 9.17) is 16.3 Å². The number of hydrogen-bond donors (Lipinski definition) is 1. The highest BCUT2D eigenvalue weighted by Crippen LogP contribution is 2.26. The Hall–Kier alpha value is -1.52. The predicted octanol–water partition coefficient (Wildman–Crippen LogP) is 3.90. The fourth-order valence-electron chi connectivity index (χ4n) is 1.68. The fourth-order valence-corrected chi connectivity index (χ4v) is 2.74. The molecule has 0 fully saturated rings. The van der Waals surface area contributed by atoms with Gasteiger partial charge in [0.25, 0.3) is 5.91 Å². The Labute approximate surface area is 121 Å². The van der Waals surface area contributed by atoms with Crippen LogP contribution in [0.4, 0.5) is 0 Å². The minimum absolute atomic E-state index is 0.0730. The van der Waals surface area contributed by atoms with Crippen LogP contribution in [0.25, 0.3) is 0 Å². The van der Waals surface area contributed by atoms with Crippen molar-refractivity contribution in [2.45, 2.75) is 13.0 Å². The quantitative estimate of drug-likeness (QED) is 0.929. The van der Waals surface area contributed by atoms with Gasteiger partial charge in [-0.05, 0) is 37.3 Å². The van der Waals surface area contributed by atoms with Gasteiger partial charge in [-0.3, -0.25) is 4.79 Å². The second-order valence-corrected chi connectivity index (χ2v) is 5.82. The lowest BCUT2D eigenvalue weighted by molar-refractivity contribution is 0.0940. The molecule has 1 aromatic carbocycles. The summed E-state index contributed by atoms with van der Waals surface area (Å²) >= 11 is 7.35. The molecule has 2 rings (SSSR count). The zero-order valence-corrected chi connectivity index (χ0v) is 12.2. The second-order valence-electron chi connectivity index (χ2n) is 4.07. The second kappa shape index (κ2) is 6.08. The van der Waals surface area contributed by atoms with Crippen LogP contribution in [0, 0.1) is 0 Å². The lowest BCUT2D eigenvalue weighted by Crippen LogP contribution is -2.26. The summed E-state index contributed by atoms with van der Waals surface area (Å²) in [6.07, 6.45) is 0. The molecular formula is C14H14ClNO2S.